The lowest BCUT2D eigenvalue weighted by molar-refractivity contribution is 0.0929. The van der Waals surface area contributed by atoms with Crippen molar-refractivity contribution in [1.29, 1.82) is 0 Å². The van der Waals surface area contributed by atoms with Crippen molar-refractivity contribution in [2.24, 2.45) is 0 Å². The van der Waals surface area contributed by atoms with Crippen LogP contribution in [0.2, 0.25) is 0 Å². The van der Waals surface area contributed by atoms with E-state index in [9.17, 15) is 4.79 Å². The minimum Gasteiger partial charge on any atom is -0.369 e. The first kappa shape index (κ1) is 20.3. The van der Waals surface area contributed by atoms with Crippen LogP contribution in [0.5, 0.6) is 0 Å². The molecular formula is C20H31N7O. The van der Waals surface area contributed by atoms with E-state index in [0.717, 1.165) is 39.3 Å². The number of carbonyl (C=O) groups is 1. The van der Waals surface area contributed by atoms with Gasteiger partial charge in [0.05, 0.1) is 12.7 Å². The summed E-state index contributed by atoms with van der Waals surface area (Å²) in [5.41, 5.74) is 1.65. The largest absolute Gasteiger partial charge is 0.369 e. The van der Waals surface area contributed by atoms with Crippen LogP contribution in [0.25, 0.3) is 0 Å². The van der Waals surface area contributed by atoms with E-state index in [2.05, 4.69) is 61.5 Å². The highest BCUT2D eigenvalue weighted by atomic mass is 16.2. The molecule has 0 spiro atoms. The summed E-state index contributed by atoms with van der Waals surface area (Å²) in [5.74, 6) is -0.161. The van der Waals surface area contributed by atoms with Crippen molar-refractivity contribution >= 4 is 11.6 Å². The molecule has 1 amide bonds. The van der Waals surface area contributed by atoms with Crippen molar-refractivity contribution in [2.75, 3.05) is 58.3 Å². The Bertz CT molecular complexity index is 738. The van der Waals surface area contributed by atoms with Crippen molar-refractivity contribution < 1.29 is 4.79 Å². The second kappa shape index (κ2) is 9.66. The summed E-state index contributed by atoms with van der Waals surface area (Å²) in [6, 6.07) is 10.8. The molecule has 0 radical (unpaired) electrons. The number of benzene rings is 1. The Balaban J connectivity index is 1.42. The molecule has 8 nitrogen and oxygen atoms in total. The molecule has 28 heavy (non-hydrogen) atoms. The molecule has 1 aromatic heterocycles. The highest BCUT2D eigenvalue weighted by molar-refractivity contribution is 5.91. The molecule has 2 heterocycles. The van der Waals surface area contributed by atoms with E-state index in [1.54, 1.807) is 10.9 Å². The van der Waals surface area contributed by atoms with Crippen LogP contribution in [0.3, 0.4) is 0 Å². The summed E-state index contributed by atoms with van der Waals surface area (Å²) in [5, 5.41) is 11.0. The summed E-state index contributed by atoms with van der Waals surface area (Å²) < 4.78 is 1.71. The molecule has 0 bridgehead atoms. The summed E-state index contributed by atoms with van der Waals surface area (Å²) in [7, 11) is 4.01. The van der Waals surface area contributed by atoms with Crippen LogP contribution in [0.1, 0.15) is 17.4 Å². The minimum absolute atomic E-state index is 0.161. The number of likely N-dealkylation sites (N-methyl/N-ethyl adjacent to an activating group) is 1. The summed E-state index contributed by atoms with van der Waals surface area (Å²) in [6.45, 7) is 8.33. The maximum Gasteiger partial charge on any atom is 0.273 e. The van der Waals surface area contributed by atoms with E-state index in [1.807, 2.05) is 20.2 Å². The summed E-state index contributed by atoms with van der Waals surface area (Å²) >= 11 is 0. The monoisotopic (exact) mass is 385 g/mol. The molecule has 1 aliphatic heterocycles. The van der Waals surface area contributed by atoms with E-state index in [-0.39, 0.29) is 11.9 Å². The van der Waals surface area contributed by atoms with Crippen molar-refractivity contribution in [3.63, 3.8) is 0 Å². The first-order chi connectivity index (χ1) is 13.5. The lowest BCUT2D eigenvalue weighted by Gasteiger charge is -2.39. The number of para-hydroxylation sites is 1. The maximum atomic E-state index is 12.4. The predicted octanol–water partition coefficient (Wildman–Crippen LogP) is 0.780. The third-order valence-electron chi connectivity index (χ3n) is 5.16. The number of nitrogens with zero attached hydrogens (tertiary/aromatic N) is 6. The van der Waals surface area contributed by atoms with Gasteiger partial charge >= 0.3 is 0 Å². The van der Waals surface area contributed by atoms with Gasteiger partial charge < -0.3 is 15.1 Å². The second-order valence-corrected chi connectivity index (χ2v) is 7.59. The van der Waals surface area contributed by atoms with Gasteiger partial charge in [-0.05, 0) is 33.2 Å². The van der Waals surface area contributed by atoms with Gasteiger partial charge in [-0.25, -0.2) is 0 Å². The third kappa shape index (κ3) is 5.53. The molecular weight excluding hydrogens is 354 g/mol. The van der Waals surface area contributed by atoms with Crippen molar-refractivity contribution in [3.8, 4) is 0 Å². The molecule has 8 heteroatoms. The second-order valence-electron chi connectivity index (χ2n) is 7.59. The van der Waals surface area contributed by atoms with Gasteiger partial charge in [0.25, 0.3) is 5.91 Å². The average molecular weight is 386 g/mol. The summed E-state index contributed by atoms with van der Waals surface area (Å²) in [6.07, 6.45) is 1.71. The Morgan fingerprint density at radius 2 is 1.89 bits per heavy atom. The quantitative estimate of drug-likeness (QED) is 0.724. The number of aromatic nitrogens is 3. The van der Waals surface area contributed by atoms with E-state index < -0.39 is 0 Å². The van der Waals surface area contributed by atoms with Crippen LogP contribution in [0.15, 0.2) is 36.5 Å². The van der Waals surface area contributed by atoms with Crippen LogP contribution in [-0.4, -0.2) is 90.1 Å². The molecule has 0 unspecified atom stereocenters. The number of anilines is 1. The number of nitrogens with one attached hydrogen (secondary N) is 1. The molecule has 152 valence electrons. The Hall–Kier alpha value is -2.45. The van der Waals surface area contributed by atoms with Gasteiger partial charge in [0.2, 0.25) is 0 Å². The standard InChI is InChI=1S/C20H31N7O/c1-17(25-10-12-26(13-11-25)18-7-5-4-6-8-18)15-21-20(28)19-16-27(23-22-19)14-9-24(2)3/h4-8,16-17H,9-15H2,1-3H3,(H,21,28)/t17-/m0/s1. The Kier molecular flexibility index (Phi) is 7.00. The van der Waals surface area contributed by atoms with Crippen molar-refractivity contribution in [3.05, 3.63) is 42.2 Å². The molecule has 1 N–H and O–H groups in total. The van der Waals surface area contributed by atoms with Gasteiger partial charge in [0.1, 0.15) is 0 Å². The van der Waals surface area contributed by atoms with Gasteiger partial charge in [-0.1, -0.05) is 23.4 Å². The number of carbonyl (C=O) groups excluding carboxylic acids is 1. The average Bonchev–Trinajstić information content (AvgIpc) is 3.20. The van der Waals surface area contributed by atoms with Crippen molar-refractivity contribution in [2.45, 2.75) is 19.5 Å². The van der Waals surface area contributed by atoms with Crippen LogP contribution in [0, 0.1) is 0 Å². The number of rotatable bonds is 8. The van der Waals surface area contributed by atoms with Gasteiger partial charge in [-0.15, -0.1) is 5.10 Å². The molecule has 1 saturated heterocycles. The van der Waals surface area contributed by atoms with Gasteiger partial charge in [-0.3, -0.25) is 14.4 Å². The van der Waals surface area contributed by atoms with Gasteiger partial charge in [0, 0.05) is 51.0 Å². The lowest BCUT2D eigenvalue weighted by atomic mass is 10.2. The third-order valence-corrected chi connectivity index (χ3v) is 5.16. The van der Waals surface area contributed by atoms with E-state index in [1.165, 1.54) is 5.69 Å². The molecule has 3 rings (SSSR count). The number of piperazine rings is 1. The molecule has 1 aliphatic rings. The highest BCUT2D eigenvalue weighted by Gasteiger charge is 2.22. The van der Waals surface area contributed by atoms with E-state index >= 15 is 0 Å². The first-order valence-corrected chi connectivity index (χ1v) is 9.90. The zero-order chi connectivity index (χ0) is 19.9. The molecule has 1 aromatic carbocycles. The Morgan fingerprint density at radius 1 is 1.18 bits per heavy atom. The maximum absolute atomic E-state index is 12.4. The lowest BCUT2D eigenvalue weighted by Crippen LogP contribution is -2.52. The fourth-order valence-electron chi connectivity index (χ4n) is 3.33. The number of hydrogen-bond donors (Lipinski definition) is 1. The topological polar surface area (TPSA) is 69.5 Å². The molecule has 1 fully saturated rings. The number of hydrogen-bond acceptors (Lipinski definition) is 6. The smallest absolute Gasteiger partial charge is 0.273 e. The molecule has 0 aliphatic carbocycles. The Morgan fingerprint density at radius 3 is 2.57 bits per heavy atom. The Labute approximate surface area is 167 Å². The fourth-order valence-corrected chi connectivity index (χ4v) is 3.33. The van der Waals surface area contributed by atoms with Crippen LogP contribution in [-0.2, 0) is 6.54 Å². The van der Waals surface area contributed by atoms with Gasteiger partial charge in [-0.2, -0.15) is 0 Å². The predicted molar refractivity (Wildman–Crippen MR) is 111 cm³/mol. The fraction of sp³-hybridized carbons (Fsp3) is 0.550. The van der Waals surface area contributed by atoms with Gasteiger partial charge in [0.15, 0.2) is 5.69 Å². The van der Waals surface area contributed by atoms with E-state index in [4.69, 9.17) is 0 Å². The summed E-state index contributed by atoms with van der Waals surface area (Å²) in [4.78, 5) is 19.3. The normalized spacial score (nSPS) is 16.4. The molecule has 0 saturated carbocycles. The zero-order valence-corrected chi connectivity index (χ0v) is 17.1. The first-order valence-electron chi connectivity index (χ1n) is 9.90. The van der Waals surface area contributed by atoms with E-state index in [0.29, 0.717) is 12.2 Å². The minimum atomic E-state index is -0.161. The molecule has 1 atom stereocenters. The van der Waals surface area contributed by atoms with Crippen molar-refractivity contribution in [1.82, 2.24) is 30.1 Å². The van der Waals surface area contributed by atoms with Crippen LogP contribution in [0.4, 0.5) is 5.69 Å². The molecule has 2 aromatic rings. The van der Waals surface area contributed by atoms with Crippen LogP contribution < -0.4 is 10.2 Å². The van der Waals surface area contributed by atoms with Crippen LogP contribution >= 0.6 is 0 Å². The zero-order valence-electron chi connectivity index (χ0n) is 17.1. The highest BCUT2D eigenvalue weighted by Crippen LogP contribution is 2.16. The SMILES string of the molecule is C[C@@H](CNC(=O)c1cn(CCN(C)C)nn1)N1CCN(c2ccccc2)CC1. The number of amides is 1.